The Morgan fingerprint density at radius 1 is 1.13 bits per heavy atom. The summed E-state index contributed by atoms with van der Waals surface area (Å²) in [4.78, 5) is 12.2. The van der Waals surface area contributed by atoms with Crippen LogP contribution in [0, 0.1) is 0 Å². The third-order valence-corrected chi connectivity index (χ3v) is 5.58. The lowest BCUT2D eigenvalue weighted by molar-refractivity contribution is -0.133. The first-order valence-electron chi connectivity index (χ1n) is 6.73. The van der Waals surface area contributed by atoms with Crippen LogP contribution in [-0.4, -0.2) is 21.5 Å². The Kier molecular flexibility index (Phi) is 5.28. The standard InChI is InChI=1S/C17H16O4S2/c1-12(17(18)21-2)14-8-4-3-7-13(14)11-23(19,20)16-10-6-5-9-15(16)22/h3-10,22H,1,11H2,2H3. The fourth-order valence-electron chi connectivity index (χ4n) is 2.18. The molecule has 0 bridgehead atoms. The van der Waals surface area contributed by atoms with Crippen LogP contribution in [0.1, 0.15) is 11.1 Å². The van der Waals surface area contributed by atoms with E-state index in [1.165, 1.54) is 13.2 Å². The van der Waals surface area contributed by atoms with Gasteiger partial charge in [0.2, 0.25) is 0 Å². The van der Waals surface area contributed by atoms with Crippen molar-refractivity contribution in [2.24, 2.45) is 0 Å². The van der Waals surface area contributed by atoms with Crippen LogP contribution < -0.4 is 0 Å². The van der Waals surface area contributed by atoms with Gasteiger partial charge in [0, 0.05) is 4.90 Å². The van der Waals surface area contributed by atoms with E-state index in [2.05, 4.69) is 23.9 Å². The maximum Gasteiger partial charge on any atom is 0.337 e. The molecule has 0 N–H and O–H groups in total. The first-order chi connectivity index (χ1) is 10.9. The lowest BCUT2D eigenvalue weighted by Crippen LogP contribution is -2.10. The molecule has 120 valence electrons. The zero-order valence-electron chi connectivity index (χ0n) is 12.5. The molecule has 0 aliphatic rings. The molecule has 2 aromatic rings. The minimum absolute atomic E-state index is 0.123. The van der Waals surface area contributed by atoms with E-state index in [1.54, 1.807) is 42.5 Å². The Bertz CT molecular complexity index is 854. The summed E-state index contributed by atoms with van der Waals surface area (Å²) in [5.41, 5.74) is 1.07. The number of rotatable bonds is 5. The number of carbonyl (C=O) groups excluding carboxylic acids is 1. The highest BCUT2D eigenvalue weighted by atomic mass is 32.2. The summed E-state index contributed by atoms with van der Waals surface area (Å²) in [6.45, 7) is 3.69. The Morgan fingerprint density at radius 2 is 1.74 bits per heavy atom. The van der Waals surface area contributed by atoms with Crippen LogP contribution in [0.4, 0.5) is 0 Å². The van der Waals surface area contributed by atoms with Crippen LogP contribution >= 0.6 is 12.6 Å². The predicted octanol–water partition coefficient (Wildman–Crippen LogP) is 3.14. The molecule has 23 heavy (non-hydrogen) atoms. The van der Waals surface area contributed by atoms with E-state index in [0.717, 1.165) is 0 Å². The molecule has 0 unspecified atom stereocenters. The Labute approximate surface area is 141 Å². The number of hydrogen-bond donors (Lipinski definition) is 1. The van der Waals surface area contributed by atoms with Gasteiger partial charge in [0.25, 0.3) is 0 Å². The fraction of sp³-hybridized carbons (Fsp3) is 0.118. The highest BCUT2D eigenvalue weighted by Crippen LogP contribution is 2.26. The first-order valence-corrected chi connectivity index (χ1v) is 8.83. The average Bonchev–Trinajstić information content (AvgIpc) is 2.54. The number of thiol groups is 1. The van der Waals surface area contributed by atoms with Gasteiger partial charge in [-0.25, -0.2) is 13.2 Å². The van der Waals surface area contributed by atoms with Gasteiger partial charge >= 0.3 is 5.97 Å². The number of carbonyl (C=O) groups is 1. The van der Waals surface area contributed by atoms with Gasteiger partial charge in [-0.1, -0.05) is 43.0 Å². The molecule has 0 aliphatic carbocycles. The van der Waals surface area contributed by atoms with Crippen molar-refractivity contribution >= 4 is 34.0 Å². The molecule has 4 nitrogen and oxygen atoms in total. The lowest BCUT2D eigenvalue weighted by Gasteiger charge is -2.12. The number of ether oxygens (including phenoxy) is 1. The number of hydrogen-bond acceptors (Lipinski definition) is 5. The van der Waals surface area contributed by atoms with Crippen LogP contribution in [0.5, 0.6) is 0 Å². The zero-order valence-corrected chi connectivity index (χ0v) is 14.2. The van der Waals surface area contributed by atoms with Crippen LogP contribution in [-0.2, 0) is 25.1 Å². The Morgan fingerprint density at radius 3 is 2.39 bits per heavy atom. The molecule has 0 saturated carbocycles. The van der Waals surface area contributed by atoms with Crippen LogP contribution in [0.2, 0.25) is 0 Å². The molecule has 0 aromatic heterocycles. The fourth-order valence-corrected chi connectivity index (χ4v) is 4.24. The van der Waals surface area contributed by atoms with Crippen molar-refractivity contribution < 1.29 is 17.9 Å². The van der Waals surface area contributed by atoms with Crippen LogP contribution in [0.25, 0.3) is 5.57 Å². The van der Waals surface area contributed by atoms with Crippen LogP contribution in [0.3, 0.4) is 0 Å². The smallest absolute Gasteiger partial charge is 0.337 e. The van der Waals surface area contributed by atoms with Crippen molar-refractivity contribution in [3.8, 4) is 0 Å². The first kappa shape index (κ1) is 17.3. The largest absolute Gasteiger partial charge is 0.465 e. The maximum atomic E-state index is 12.6. The highest BCUT2D eigenvalue weighted by molar-refractivity contribution is 7.91. The van der Waals surface area contributed by atoms with Gasteiger partial charge in [0.1, 0.15) is 0 Å². The predicted molar refractivity (Wildman–Crippen MR) is 92.1 cm³/mol. The van der Waals surface area contributed by atoms with Gasteiger partial charge in [-0.15, -0.1) is 12.6 Å². The summed E-state index contributed by atoms with van der Waals surface area (Å²) >= 11 is 4.20. The molecule has 2 aromatic carbocycles. The minimum atomic E-state index is -3.60. The lowest BCUT2D eigenvalue weighted by atomic mass is 10.0. The van der Waals surface area contributed by atoms with Gasteiger partial charge in [-0.3, -0.25) is 0 Å². The summed E-state index contributed by atoms with van der Waals surface area (Å²) in [5, 5.41) is 0. The SMILES string of the molecule is C=C(C(=O)OC)c1ccccc1CS(=O)(=O)c1ccccc1S. The van der Waals surface area contributed by atoms with Crippen molar-refractivity contribution in [2.45, 2.75) is 15.5 Å². The van der Waals surface area contributed by atoms with E-state index < -0.39 is 15.8 Å². The number of esters is 1. The minimum Gasteiger partial charge on any atom is -0.465 e. The topological polar surface area (TPSA) is 60.4 Å². The third-order valence-electron chi connectivity index (χ3n) is 3.32. The summed E-state index contributed by atoms with van der Waals surface area (Å²) in [5.74, 6) is -0.846. The van der Waals surface area contributed by atoms with Gasteiger partial charge in [0.05, 0.1) is 23.3 Å². The van der Waals surface area contributed by atoms with E-state index in [0.29, 0.717) is 16.0 Å². The number of benzene rings is 2. The van der Waals surface area contributed by atoms with E-state index in [1.807, 2.05) is 0 Å². The van der Waals surface area contributed by atoms with Crippen LogP contribution in [0.15, 0.2) is 64.9 Å². The van der Waals surface area contributed by atoms with Crippen molar-refractivity contribution in [1.29, 1.82) is 0 Å². The summed E-state index contributed by atoms with van der Waals surface area (Å²) in [6.07, 6.45) is 0. The third kappa shape index (κ3) is 3.83. The molecule has 6 heteroatoms. The van der Waals surface area contributed by atoms with E-state index in [9.17, 15) is 13.2 Å². The number of methoxy groups -OCH3 is 1. The van der Waals surface area contributed by atoms with Gasteiger partial charge < -0.3 is 4.74 Å². The Balaban J connectivity index is 2.43. The summed E-state index contributed by atoms with van der Waals surface area (Å²) in [7, 11) is -2.35. The molecular formula is C17H16O4S2. The van der Waals surface area contributed by atoms with Crippen molar-refractivity contribution in [3.63, 3.8) is 0 Å². The van der Waals surface area contributed by atoms with E-state index in [-0.39, 0.29) is 16.2 Å². The van der Waals surface area contributed by atoms with Gasteiger partial charge in [-0.2, -0.15) is 0 Å². The Hall–Kier alpha value is -2.05. The second-order valence-corrected chi connectivity index (χ2v) is 7.29. The summed E-state index contributed by atoms with van der Waals surface area (Å²) in [6, 6.07) is 13.2. The normalized spacial score (nSPS) is 11.0. The molecule has 0 saturated heterocycles. The van der Waals surface area contributed by atoms with Crippen molar-refractivity contribution in [1.82, 2.24) is 0 Å². The quantitative estimate of drug-likeness (QED) is 0.512. The second-order valence-electron chi connectivity index (χ2n) is 4.85. The molecule has 2 rings (SSSR count). The summed E-state index contributed by atoms with van der Waals surface area (Å²) < 4.78 is 29.9. The van der Waals surface area contributed by atoms with Gasteiger partial charge in [-0.05, 0) is 23.3 Å². The monoisotopic (exact) mass is 348 g/mol. The maximum absolute atomic E-state index is 12.6. The van der Waals surface area contributed by atoms with Crippen molar-refractivity contribution in [2.75, 3.05) is 7.11 Å². The van der Waals surface area contributed by atoms with E-state index >= 15 is 0 Å². The van der Waals surface area contributed by atoms with Gasteiger partial charge in [0.15, 0.2) is 9.84 Å². The molecule has 0 radical (unpaired) electrons. The molecule has 0 spiro atoms. The zero-order chi connectivity index (χ0) is 17.0. The highest BCUT2D eigenvalue weighted by Gasteiger charge is 2.21. The average molecular weight is 348 g/mol. The molecule has 0 fully saturated rings. The van der Waals surface area contributed by atoms with E-state index in [4.69, 9.17) is 0 Å². The molecule has 0 amide bonds. The number of sulfone groups is 1. The molecule has 0 aliphatic heterocycles. The molecule has 0 atom stereocenters. The second kappa shape index (κ2) is 7.02. The molecular weight excluding hydrogens is 332 g/mol. The van der Waals surface area contributed by atoms with Crippen molar-refractivity contribution in [3.05, 3.63) is 66.2 Å². The molecule has 0 heterocycles.